The molecule has 2 saturated carbocycles. The van der Waals surface area contributed by atoms with Crippen molar-refractivity contribution in [3.63, 3.8) is 0 Å². The predicted octanol–water partition coefficient (Wildman–Crippen LogP) is 2.63. The molecule has 3 nitrogen and oxygen atoms in total. The zero-order valence-corrected chi connectivity index (χ0v) is 10.9. The third-order valence-corrected chi connectivity index (χ3v) is 4.37. The molecule has 2 unspecified atom stereocenters. The standard InChI is InChI=1S/C14H25NO2/c1-10-6-8-11(9-7-10)17-14(16)12-4-2-3-5-13(12)15/h10-13H,2-9,15H2,1H3. The molecule has 2 fully saturated rings. The van der Waals surface area contributed by atoms with Crippen molar-refractivity contribution in [2.75, 3.05) is 0 Å². The number of hydrogen-bond acceptors (Lipinski definition) is 3. The molecule has 0 bridgehead atoms. The minimum atomic E-state index is -0.0388. The summed E-state index contributed by atoms with van der Waals surface area (Å²) < 4.78 is 5.63. The lowest BCUT2D eigenvalue weighted by Gasteiger charge is -2.31. The maximum absolute atomic E-state index is 12.1. The molecule has 0 aromatic heterocycles. The first kappa shape index (κ1) is 12.9. The first-order valence-electron chi connectivity index (χ1n) is 7.13. The molecular formula is C14H25NO2. The maximum Gasteiger partial charge on any atom is 0.310 e. The molecule has 2 aliphatic rings. The minimum absolute atomic E-state index is 0.0266. The number of rotatable bonds is 2. The van der Waals surface area contributed by atoms with Gasteiger partial charge in [-0.1, -0.05) is 19.8 Å². The second-order valence-electron chi connectivity index (χ2n) is 5.87. The van der Waals surface area contributed by atoms with Crippen molar-refractivity contribution >= 4 is 5.97 Å². The van der Waals surface area contributed by atoms with Gasteiger partial charge in [0.2, 0.25) is 0 Å². The molecule has 2 rings (SSSR count). The van der Waals surface area contributed by atoms with Crippen molar-refractivity contribution in [1.82, 2.24) is 0 Å². The molecule has 0 heterocycles. The molecule has 98 valence electrons. The Morgan fingerprint density at radius 3 is 2.35 bits per heavy atom. The van der Waals surface area contributed by atoms with Crippen LogP contribution in [-0.4, -0.2) is 18.1 Å². The summed E-state index contributed by atoms with van der Waals surface area (Å²) in [5, 5.41) is 0. The van der Waals surface area contributed by atoms with E-state index in [1.165, 1.54) is 12.8 Å². The monoisotopic (exact) mass is 239 g/mol. The van der Waals surface area contributed by atoms with E-state index in [2.05, 4.69) is 6.92 Å². The summed E-state index contributed by atoms with van der Waals surface area (Å²) in [6, 6.07) is 0.0266. The highest BCUT2D eigenvalue weighted by Crippen LogP contribution is 2.29. The third kappa shape index (κ3) is 3.44. The number of carbonyl (C=O) groups is 1. The Kier molecular flexibility index (Phi) is 4.43. The topological polar surface area (TPSA) is 52.3 Å². The average Bonchev–Trinajstić information content (AvgIpc) is 2.32. The number of carbonyl (C=O) groups excluding carboxylic acids is 1. The van der Waals surface area contributed by atoms with Crippen LogP contribution in [0.1, 0.15) is 58.3 Å². The lowest BCUT2D eigenvalue weighted by Crippen LogP contribution is -2.40. The van der Waals surface area contributed by atoms with Crippen LogP contribution in [0, 0.1) is 11.8 Å². The quantitative estimate of drug-likeness (QED) is 0.754. The van der Waals surface area contributed by atoms with Crippen LogP contribution < -0.4 is 5.73 Å². The molecule has 17 heavy (non-hydrogen) atoms. The lowest BCUT2D eigenvalue weighted by molar-refractivity contribution is -0.157. The summed E-state index contributed by atoms with van der Waals surface area (Å²) in [6.45, 7) is 2.27. The Labute approximate surface area is 104 Å². The summed E-state index contributed by atoms with van der Waals surface area (Å²) >= 11 is 0. The molecule has 0 saturated heterocycles. The summed E-state index contributed by atoms with van der Waals surface area (Å²) in [5.41, 5.74) is 6.01. The van der Waals surface area contributed by atoms with Crippen LogP contribution in [0.3, 0.4) is 0 Å². The largest absolute Gasteiger partial charge is 0.462 e. The van der Waals surface area contributed by atoms with Gasteiger partial charge in [0.1, 0.15) is 6.10 Å². The first-order valence-corrected chi connectivity index (χ1v) is 7.13. The number of hydrogen-bond donors (Lipinski definition) is 1. The van der Waals surface area contributed by atoms with Crippen molar-refractivity contribution in [3.05, 3.63) is 0 Å². The van der Waals surface area contributed by atoms with E-state index < -0.39 is 0 Å². The van der Waals surface area contributed by atoms with Gasteiger partial charge < -0.3 is 10.5 Å². The van der Waals surface area contributed by atoms with E-state index >= 15 is 0 Å². The average molecular weight is 239 g/mol. The van der Waals surface area contributed by atoms with E-state index in [9.17, 15) is 4.79 Å². The van der Waals surface area contributed by atoms with Gasteiger partial charge in [-0.05, 0) is 44.4 Å². The summed E-state index contributed by atoms with van der Waals surface area (Å²) in [7, 11) is 0. The highest BCUT2D eigenvalue weighted by atomic mass is 16.5. The molecule has 0 aliphatic heterocycles. The van der Waals surface area contributed by atoms with E-state index in [0.717, 1.165) is 44.4 Å². The zero-order chi connectivity index (χ0) is 12.3. The van der Waals surface area contributed by atoms with Crippen LogP contribution in [0.5, 0.6) is 0 Å². The first-order chi connectivity index (χ1) is 8.16. The molecule has 2 N–H and O–H groups in total. The molecule has 0 aromatic carbocycles. The number of esters is 1. The molecular weight excluding hydrogens is 214 g/mol. The van der Waals surface area contributed by atoms with Crippen LogP contribution in [0.25, 0.3) is 0 Å². The summed E-state index contributed by atoms with van der Waals surface area (Å²) in [4.78, 5) is 12.1. The van der Waals surface area contributed by atoms with Gasteiger partial charge in [-0.15, -0.1) is 0 Å². The Balaban J connectivity index is 1.79. The van der Waals surface area contributed by atoms with Gasteiger partial charge in [0.15, 0.2) is 0 Å². The Morgan fingerprint density at radius 1 is 1.06 bits per heavy atom. The highest BCUT2D eigenvalue weighted by molar-refractivity contribution is 5.73. The minimum Gasteiger partial charge on any atom is -0.462 e. The van der Waals surface area contributed by atoms with Crippen molar-refractivity contribution < 1.29 is 9.53 Å². The molecule has 0 amide bonds. The van der Waals surface area contributed by atoms with Crippen molar-refractivity contribution in [1.29, 1.82) is 0 Å². The fourth-order valence-corrected chi connectivity index (χ4v) is 3.05. The fraction of sp³-hybridized carbons (Fsp3) is 0.929. The normalized spacial score (nSPS) is 38.7. The summed E-state index contributed by atoms with van der Waals surface area (Å²) in [5.74, 6) is 0.724. The molecule has 2 atom stereocenters. The van der Waals surface area contributed by atoms with E-state index in [4.69, 9.17) is 10.5 Å². The highest BCUT2D eigenvalue weighted by Gasteiger charge is 2.31. The van der Waals surface area contributed by atoms with Crippen molar-refractivity contribution in [2.24, 2.45) is 17.6 Å². The molecule has 0 spiro atoms. The second kappa shape index (κ2) is 5.85. The van der Waals surface area contributed by atoms with Gasteiger partial charge in [-0.2, -0.15) is 0 Å². The van der Waals surface area contributed by atoms with Crippen LogP contribution in [-0.2, 0) is 9.53 Å². The molecule has 2 aliphatic carbocycles. The lowest BCUT2D eigenvalue weighted by atomic mass is 9.85. The van der Waals surface area contributed by atoms with E-state index in [1.54, 1.807) is 0 Å². The number of ether oxygens (including phenoxy) is 1. The Hall–Kier alpha value is -0.570. The Bertz CT molecular complexity index is 259. The molecule has 0 radical (unpaired) electrons. The van der Waals surface area contributed by atoms with E-state index in [1.807, 2.05) is 0 Å². The van der Waals surface area contributed by atoms with Gasteiger partial charge in [0.25, 0.3) is 0 Å². The second-order valence-corrected chi connectivity index (χ2v) is 5.87. The maximum atomic E-state index is 12.1. The molecule has 3 heteroatoms. The van der Waals surface area contributed by atoms with Gasteiger partial charge in [-0.25, -0.2) is 0 Å². The van der Waals surface area contributed by atoms with Gasteiger partial charge >= 0.3 is 5.97 Å². The fourth-order valence-electron chi connectivity index (χ4n) is 3.05. The van der Waals surface area contributed by atoms with E-state index in [0.29, 0.717) is 0 Å². The predicted molar refractivity (Wildman–Crippen MR) is 67.4 cm³/mol. The smallest absolute Gasteiger partial charge is 0.310 e. The van der Waals surface area contributed by atoms with Gasteiger partial charge in [0.05, 0.1) is 5.92 Å². The van der Waals surface area contributed by atoms with Crippen LogP contribution in [0.15, 0.2) is 0 Å². The van der Waals surface area contributed by atoms with Crippen LogP contribution in [0.4, 0.5) is 0 Å². The SMILES string of the molecule is CC1CCC(OC(=O)C2CCCCC2N)CC1. The Morgan fingerprint density at radius 2 is 1.71 bits per heavy atom. The third-order valence-electron chi connectivity index (χ3n) is 4.37. The number of nitrogens with two attached hydrogens (primary N) is 1. The van der Waals surface area contributed by atoms with Crippen molar-refractivity contribution in [3.8, 4) is 0 Å². The summed E-state index contributed by atoms with van der Waals surface area (Å²) in [6.07, 6.45) is 8.78. The molecule has 0 aromatic rings. The van der Waals surface area contributed by atoms with Gasteiger partial charge in [0, 0.05) is 6.04 Å². The van der Waals surface area contributed by atoms with E-state index in [-0.39, 0.29) is 24.0 Å². The van der Waals surface area contributed by atoms with Crippen LogP contribution in [0.2, 0.25) is 0 Å². The van der Waals surface area contributed by atoms with Gasteiger partial charge in [-0.3, -0.25) is 4.79 Å². The van der Waals surface area contributed by atoms with Crippen molar-refractivity contribution in [2.45, 2.75) is 70.4 Å². The van der Waals surface area contributed by atoms with Crippen LogP contribution >= 0.6 is 0 Å². The zero-order valence-electron chi connectivity index (χ0n) is 10.9.